The van der Waals surface area contributed by atoms with E-state index in [1.54, 1.807) is 11.3 Å². The van der Waals surface area contributed by atoms with Crippen molar-refractivity contribution in [2.45, 2.75) is 32.9 Å². The summed E-state index contributed by atoms with van der Waals surface area (Å²) < 4.78 is 11.4. The van der Waals surface area contributed by atoms with Gasteiger partial charge < -0.3 is 9.15 Å². The van der Waals surface area contributed by atoms with Crippen LogP contribution < -0.4 is 0 Å². The van der Waals surface area contributed by atoms with Crippen molar-refractivity contribution >= 4 is 11.3 Å². The maximum Gasteiger partial charge on any atom is 0.230 e. The Morgan fingerprint density at radius 1 is 1.40 bits per heavy atom. The largest absolute Gasteiger partial charge is 0.424 e. The lowest BCUT2D eigenvalue weighted by Gasteiger charge is -2.30. The fourth-order valence-electron chi connectivity index (χ4n) is 2.20. The highest BCUT2D eigenvalue weighted by Crippen LogP contribution is 2.25. The molecule has 0 amide bonds. The Hall–Kier alpha value is -1.31. The minimum atomic E-state index is 0.0519. The smallest absolute Gasteiger partial charge is 0.230 e. The summed E-state index contributed by atoms with van der Waals surface area (Å²) >= 11 is 1.66. The minimum Gasteiger partial charge on any atom is -0.424 e. The van der Waals surface area contributed by atoms with Gasteiger partial charge in [0.25, 0.3) is 0 Å². The van der Waals surface area contributed by atoms with Gasteiger partial charge in [0.1, 0.15) is 11.1 Å². The molecule has 0 unspecified atom stereocenters. The first kappa shape index (κ1) is 13.7. The molecule has 0 spiro atoms. The minimum absolute atomic E-state index is 0.0519. The Morgan fingerprint density at radius 3 is 2.95 bits per heavy atom. The van der Waals surface area contributed by atoms with Crippen molar-refractivity contribution in [3.63, 3.8) is 0 Å². The van der Waals surface area contributed by atoms with Crippen LogP contribution in [0, 0.1) is 6.92 Å². The van der Waals surface area contributed by atoms with Crippen molar-refractivity contribution in [3.8, 4) is 0 Å². The Kier molecular flexibility index (Phi) is 4.09. The first-order valence-corrected chi connectivity index (χ1v) is 7.70. The first-order chi connectivity index (χ1) is 9.74. The summed E-state index contributed by atoms with van der Waals surface area (Å²) in [7, 11) is 0. The van der Waals surface area contributed by atoms with Crippen LogP contribution in [0.3, 0.4) is 0 Å². The van der Waals surface area contributed by atoms with Crippen LogP contribution >= 0.6 is 11.3 Å². The number of aryl methyl sites for hydroxylation is 2. The zero-order valence-electron chi connectivity index (χ0n) is 11.7. The molecule has 2 aromatic heterocycles. The van der Waals surface area contributed by atoms with E-state index in [4.69, 9.17) is 9.15 Å². The lowest BCUT2D eigenvalue weighted by Crippen LogP contribution is -2.37. The third kappa shape index (κ3) is 3.05. The molecule has 7 heteroatoms. The molecule has 1 saturated heterocycles. The van der Waals surface area contributed by atoms with E-state index in [0.29, 0.717) is 24.9 Å². The van der Waals surface area contributed by atoms with Gasteiger partial charge in [0.15, 0.2) is 0 Å². The van der Waals surface area contributed by atoms with Crippen molar-refractivity contribution in [2.24, 2.45) is 0 Å². The number of hydrogen-bond donors (Lipinski definition) is 0. The van der Waals surface area contributed by atoms with Gasteiger partial charge in [0.2, 0.25) is 11.8 Å². The maximum atomic E-state index is 5.81. The summed E-state index contributed by atoms with van der Waals surface area (Å²) in [5.74, 6) is 1.37. The average molecular weight is 294 g/mol. The van der Waals surface area contributed by atoms with Crippen molar-refractivity contribution < 1.29 is 9.15 Å². The average Bonchev–Trinajstić information content (AvgIpc) is 3.08. The second-order valence-corrected chi connectivity index (χ2v) is 5.75. The Balaban J connectivity index is 1.63. The number of rotatable bonds is 4. The van der Waals surface area contributed by atoms with Crippen LogP contribution in [0.5, 0.6) is 0 Å². The molecular formula is C13H18N4O2S. The molecule has 1 fully saturated rings. The molecule has 0 N–H and O–H groups in total. The van der Waals surface area contributed by atoms with E-state index in [9.17, 15) is 0 Å². The van der Waals surface area contributed by atoms with E-state index in [1.165, 1.54) is 0 Å². The molecule has 0 radical (unpaired) electrons. The number of ether oxygens (including phenoxy) is 1. The summed E-state index contributed by atoms with van der Waals surface area (Å²) in [5.41, 5.74) is 1.05. The molecule has 3 rings (SSSR count). The first-order valence-electron chi connectivity index (χ1n) is 6.82. The quantitative estimate of drug-likeness (QED) is 0.859. The van der Waals surface area contributed by atoms with E-state index in [1.807, 2.05) is 13.8 Å². The third-order valence-corrected chi connectivity index (χ3v) is 4.29. The topological polar surface area (TPSA) is 64.3 Å². The Bertz CT molecular complexity index is 568. The van der Waals surface area contributed by atoms with E-state index >= 15 is 0 Å². The Morgan fingerprint density at radius 2 is 2.25 bits per heavy atom. The highest BCUT2D eigenvalue weighted by Gasteiger charge is 2.25. The molecule has 0 aromatic carbocycles. The summed E-state index contributed by atoms with van der Waals surface area (Å²) in [4.78, 5) is 6.78. The molecule has 2 aromatic rings. The van der Waals surface area contributed by atoms with Crippen molar-refractivity contribution in [1.82, 2.24) is 20.1 Å². The van der Waals surface area contributed by atoms with Crippen LogP contribution in [-0.2, 0) is 17.7 Å². The normalized spacial score (nSPS) is 20.4. The molecule has 6 nitrogen and oxygen atoms in total. The lowest BCUT2D eigenvalue weighted by molar-refractivity contribution is -0.0353. The van der Waals surface area contributed by atoms with Gasteiger partial charge in [-0.25, -0.2) is 4.98 Å². The number of hydrogen-bond acceptors (Lipinski definition) is 7. The van der Waals surface area contributed by atoms with Crippen LogP contribution in [0.25, 0.3) is 0 Å². The van der Waals surface area contributed by atoms with Crippen LogP contribution in [0.15, 0.2) is 9.80 Å². The third-order valence-electron chi connectivity index (χ3n) is 3.23. The van der Waals surface area contributed by atoms with Crippen LogP contribution in [0.4, 0.5) is 0 Å². The number of nitrogens with zero attached hydrogens (tertiary/aromatic N) is 4. The molecular weight excluding hydrogens is 276 g/mol. The van der Waals surface area contributed by atoms with Crippen LogP contribution in [0.2, 0.25) is 0 Å². The maximum absolute atomic E-state index is 5.81. The summed E-state index contributed by atoms with van der Waals surface area (Å²) in [6.45, 7) is 7.09. The van der Waals surface area contributed by atoms with Gasteiger partial charge in [0, 0.05) is 30.6 Å². The van der Waals surface area contributed by atoms with E-state index in [2.05, 4.69) is 25.5 Å². The van der Waals surface area contributed by atoms with Crippen molar-refractivity contribution in [2.75, 3.05) is 19.7 Å². The number of morpholine rings is 1. The van der Waals surface area contributed by atoms with Gasteiger partial charge in [-0.3, -0.25) is 4.90 Å². The summed E-state index contributed by atoms with van der Waals surface area (Å²) in [6.07, 6.45) is 0.827. The molecule has 0 bridgehead atoms. The van der Waals surface area contributed by atoms with Crippen molar-refractivity contribution in [3.05, 3.63) is 27.9 Å². The van der Waals surface area contributed by atoms with Gasteiger partial charge in [-0.2, -0.15) is 0 Å². The second-order valence-electron chi connectivity index (χ2n) is 4.86. The predicted molar refractivity (Wildman–Crippen MR) is 74.5 cm³/mol. The SMILES string of the molecule is CCc1nnc(CN2CCO[C@@H](c3nc(C)cs3)C2)o1. The van der Waals surface area contributed by atoms with E-state index in [0.717, 1.165) is 30.2 Å². The van der Waals surface area contributed by atoms with Gasteiger partial charge in [-0.1, -0.05) is 6.92 Å². The van der Waals surface area contributed by atoms with E-state index < -0.39 is 0 Å². The highest BCUT2D eigenvalue weighted by molar-refractivity contribution is 7.09. The molecule has 0 saturated carbocycles. The monoisotopic (exact) mass is 294 g/mol. The molecule has 1 atom stereocenters. The van der Waals surface area contributed by atoms with Gasteiger partial charge in [-0.15, -0.1) is 21.5 Å². The van der Waals surface area contributed by atoms with Crippen molar-refractivity contribution in [1.29, 1.82) is 0 Å². The molecule has 20 heavy (non-hydrogen) atoms. The fraction of sp³-hybridized carbons (Fsp3) is 0.615. The molecule has 3 heterocycles. The zero-order valence-corrected chi connectivity index (χ0v) is 12.5. The van der Waals surface area contributed by atoms with Gasteiger partial charge in [-0.05, 0) is 6.92 Å². The van der Waals surface area contributed by atoms with Crippen LogP contribution in [0.1, 0.15) is 35.5 Å². The fourth-order valence-corrected chi connectivity index (χ4v) is 3.04. The Labute approximate surface area is 121 Å². The molecule has 1 aliphatic heterocycles. The zero-order chi connectivity index (χ0) is 13.9. The second kappa shape index (κ2) is 5.99. The van der Waals surface area contributed by atoms with Gasteiger partial charge in [0.05, 0.1) is 13.2 Å². The number of thiazole rings is 1. The molecule has 108 valence electrons. The molecule has 1 aliphatic rings. The van der Waals surface area contributed by atoms with Crippen LogP contribution in [-0.4, -0.2) is 39.8 Å². The van der Waals surface area contributed by atoms with Gasteiger partial charge >= 0.3 is 0 Å². The molecule has 0 aliphatic carbocycles. The number of aromatic nitrogens is 3. The predicted octanol–water partition coefficient (Wildman–Crippen LogP) is 1.97. The lowest BCUT2D eigenvalue weighted by atomic mass is 10.3. The summed E-state index contributed by atoms with van der Waals surface area (Å²) in [5, 5.41) is 11.2. The summed E-state index contributed by atoms with van der Waals surface area (Å²) in [6, 6.07) is 0. The van der Waals surface area contributed by atoms with E-state index in [-0.39, 0.29) is 6.10 Å². The highest BCUT2D eigenvalue weighted by atomic mass is 32.1. The standard InChI is InChI=1S/C13H18N4O2S/c1-3-11-15-16-12(19-11)7-17-4-5-18-10(6-17)13-14-9(2)8-20-13/h8,10H,3-7H2,1-2H3/t10-/m1/s1.